The Hall–Kier alpha value is -6.76. The average Bonchev–Trinajstić information content (AvgIpc) is 3.59. The Morgan fingerprint density at radius 1 is 0.226 bits per heavy atom. The highest BCUT2D eigenvalue weighted by Crippen LogP contribution is 2.48. The minimum Gasteiger partial charge on any atom is -0.0622 e. The van der Waals surface area contributed by atoms with E-state index >= 15 is 0 Å². The Kier molecular flexibility index (Phi) is 6.72. The zero-order valence-electron chi connectivity index (χ0n) is 29.2. The highest BCUT2D eigenvalue weighted by Gasteiger charge is 2.24. The van der Waals surface area contributed by atoms with Crippen LogP contribution in [-0.2, 0) is 6.42 Å². The van der Waals surface area contributed by atoms with Crippen molar-refractivity contribution in [1.29, 1.82) is 0 Å². The van der Waals surface area contributed by atoms with Gasteiger partial charge < -0.3 is 0 Å². The lowest BCUT2D eigenvalue weighted by atomic mass is 9.84. The monoisotopic (exact) mass is 670 g/mol. The van der Waals surface area contributed by atoms with Crippen LogP contribution in [0.3, 0.4) is 0 Å². The Balaban J connectivity index is 1.13. The summed E-state index contributed by atoms with van der Waals surface area (Å²) in [5.74, 6) is 0. The zero-order valence-corrected chi connectivity index (χ0v) is 29.2. The van der Waals surface area contributed by atoms with Crippen molar-refractivity contribution in [1.82, 2.24) is 0 Å². The minimum atomic E-state index is 0.952. The number of fused-ring (bicyclic) bond motifs is 7. The van der Waals surface area contributed by atoms with Crippen molar-refractivity contribution in [2.45, 2.75) is 6.42 Å². The molecule has 1 aliphatic rings. The van der Waals surface area contributed by atoms with Gasteiger partial charge in [0.25, 0.3) is 0 Å². The Bertz CT molecular complexity index is 2740. The van der Waals surface area contributed by atoms with Crippen molar-refractivity contribution in [3.05, 3.63) is 205 Å². The van der Waals surface area contributed by atoms with Crippen molar-refractivity contribution in [3.8, 4) is 55.6 Å². The third kappa shape index (κ3) is 4.62. The van der Waals surface area contributed by atoms with Gasteiger partial charge >= 0.3 is 0 Å². The lowest BCUT2D eigenvalue weighted by Crippen LogP contribution is -1.92. The van der Waals surface area contributed by atoms with E-state index in [2.05, 4.69) is 194 Å². The van der Waals surface area contributed by atoms with Gasteiger partial charge in [-0.25, -0.2) is 0 Å². The standard InChI is InChI=1S/C53H34/c1-3-15-34(16-4-1)50-40-19-7-11-23-44(40)52(45-24-12-8-20-41(45)50)38-29-27-36-31-37-28-30-39(33-49(37)48(36)32-38)53-46-25-13-9-21-42(46)51(35-17-5-2-6-18-35)43-22-10-14-26-47(43)53/h1-30,32-33H,31H2. The highest BCUT2D eigenvalue weighted by atomic mass is 14.3. The van der Waals surface area contributed by atoms with E-state index in [4.69, 9.17) is 0 Å². The molecule has 1 aliphatic carbocycles. The number of rotatable bonds is 4. The van der Waals surface area contributed by atoms with Crippen molar-refractivity contribution < 1.29 is 0 Å². The molecule has 0 fully saturated rings. The first-order valence-corrected chi connectivity index (χ1v) is 18.6. The van der Waals surface area contributed by atoms with Gasteiger partial charge in [-0.05, 0) is 128 Å². The molecular weight excluding hydrogens is 637 g/mol. The van der Waals surface area contributed by atoms with Gasteiger partial charge in [-0.1, -0.05) is 182 Å². The van der Waals surface area contributed by atoms with E-state index < -0.39 is 0 Å². The second-order valence-corrected chi connectivity index (χ2v) is 14.3. The minimum absolute atomic E-state index is 0.952. The van der Waals surface area contributed by atoms with Crippen LogP contribution >= 0.6 is 0 Å². The maximum Gasteiger partial charge on any atom is -0.00134 e. The first kappa shape index (κ1) is 29.9. The molecule has 0 nitrogen and oxygen atoms in total. The Morgan fingerprint density at radius 3 is 0.792 bits per heavy atom. The number of benzene rings is 10. The van der Waals surface area contributed by atoms with Crippen molar-refractivity contribution in [2.24, 2.45) is 0 Å². The normalized spacial score (nSPS) is 12.1. The molecule has 0 radical (unpaired) electrons. The molecule has 0 bridgehead atoms. The SMILES string of the molecule is c1ccc(-c2c3ccccc3c(-c3ccc4c(c3)-c3cc(-c5c6ccccc6c(-c6ccccc6)c6ccccc56)ccc3C4)c3ccccc23)cc1. The summed E-state index contributed by atoms with van der Waals surface area (Å²) in [7, 11) is 0. The van der Waals surface area contributed by atoms with Crippen molar-refractivity contribution in [2.75, 3.05) is 0 Å². The van der Waals surface area contributed by atoms with Gasteiger partial charge in [-0.3, -0.25) is 0 Å². The fourth-order valence-corrected chi connectivity index (χ4v) is 9.19. The maximum atomic E-state index is 2.47. The lowest BCUT2D eigenvalue weighted by Gasteiger charge is -2.19. The van der Waals surface area contributed by atoms with E-state index in [0.717, 1.165) is 6.42 Å². The molecular formula is C53H34. The summed E-state index contributed by atoms with van der Waals surface area (Å²) >= 11 is 0. The van der Waals surface area contributed by atoms with Crippen LogP contribution in [0.1, 0.15) is 11.1 Å². The molecule has 0 unspecified atom stereocenters. The molecule has 0 aliphatic heterocycles. The van der Waals surface area contributed by atoms with Crippen LogP contribution < -0.4 is 0 Å². The Labute approximate surface area is 309 Å². The maximum absolute atomic E-state index is 2.47. The molecule has 0 aromatic heterocycles. The van der Waals surface area contributed by atoms with Crippen LogP contribution in [-0.4, -0.2) is 0 Å². The smallest absolute Gasteiger partial charge is 0.00134 e. The van der Waals surface area contributed by atoms with Gasteiger partial charge in [-0.2, -0.15) is 0 Å². The molecule has 11 rings (SSSR count). The zero-order chi connectivity index (χ0) is 34.9. The molecule has 0 spiro atoms. The summed E-state index contributed by atoms with van der Waals surface area (Å²) in [6, 6.07) is 71.9. The first-order valence-electron chi connectivity index (χ1n) is 18.6. The van der Waals surface area contributed by atoms with E-state index in [1.54, 1.807) is 0 Å². The third-order valence-corrected chi connectivity index (χ3v) is 11.5. The molecule has 246 valence electrons. The van der Waals surface area contributed by atoms with Crippen LogP contribution in [0.5, 0.6) is 0 Å². The summed E-state index contributed by atoms with van der Waals surface area (Å²) in [5.41, 5.74) is 15.7. The number of hydrogen-bond donors (Lipinski definition) is 0. The van der Waals surface area contributed by atoms with E-state index in [9.17, 15) is 0 Å². The van der Waals surface area contributed by atoms with E-state index in [1.165, 1.54) is 110 Å². The van der Waals surface area contributed by atoms with Gasteiger partial charge in [0.2, 0.25) is 0 Å². The van der Waals surface area contributed by atoms with Crippen molar-refractivity contribution in [3.63, 3.8) is 0 Å². The fraction of sp³-hybridized carbons (Fsp3) is 0.0189. The second-order valence-electron chi connectivity index (χ2n) is 14.3. The van der Waals surface area contributed by atoms with Crippen LogP contribution in [0.2, 0.25) is 0 Å². The molecule has 0 amide bonds. The topological polar surface area (TPSA) is 0 Å². The summed E-state index contributed by atoms with van der Waals surface area (Å²) in [6.45, 7) is 0. The van der Waals surface area contributed by atoms with Gasteiger partial charge in [0.05, 0.1) is 0 Å². The molecule has 53 heavy (non-hydrogen) atoms. The molecule has 0 N–H and O–H groups in total. The molecule has 10 aromatic rings. The van der Waals surface area contributed by atoms with Crippen LogP contribution in [0.25, 0.3) is 98.7 Å². The second kappa shape index (κ2) is 11.9. The molecule has 0 atom stereocenters. The molecule has 0 heteroatoms. The van der Waals surface area contributed by atoms with Crippen molar-refractivity contribution >= 4 is 43.1 Å². The van der Waals surface area contributed by atoms with Gasteiger partial charge in [0.1, 0.15) is 0 Å². The van der Waals surface area contributed by atoms with Gasteiger partial charge in [0, 0.05) is 0 Å². The first-order chi connectivity index (χ1) is 26.3. The van der Waals surface area contributed by atoms with Gasteiger partial charge in [-0.15, -0.1) is 0 Å². The molecule has 0 saturated heterocycles. The summed E-state index contributed by atoms with van der Waals surface area (Å²) in [6.07, 6.45) is 0.952. The number of hydrogen-bond acceptors (Lipinski definition) is 0. The highest BCUT2D eigenvalue weighted by molar-refractivity contribution is 6.23. The van der Waals surface area contributed by atoms with Gasteiger partial charge in [0.15, 0.2) is 0 Å². The predicted molar refractivity (Wildman–Crippen MR) is 226 cm³/mol. The molecule has 0 saturated carbocycles. The lowest BCUT2D eigenvalue weighted by molar-refractivity contribution is 1.26. The predicted octanol–water partition coefficient (Wildman–Crippen LogP) is 14.5. The summed E-state index contributed by atoms with van der Waals surface area (Å²) < 4.78 is 0. The fourth-order valence-electron chi connectivity index (χ4n) is 9.19. The van der Waals surface area contributed by atoms with Crippen LogP contribution in [0.4, 0.5) is 0 Å². The molecule has 10 aromatic carbocycles. The largest absolute Gasteiger partial charge is 0.0622 e. The molecule has 0 heterocycles. The quantitative estimate of drug-likeness (QED) is 0.164. The average molecular weight is 671 g/mol. The Morgan fingerprint density at radius 2 is 0.491 bits per heavy atom. The third-order valence-electron chi connectivity index (χ3n) is 11.5. The van der Waals surface area contributed by atoms with E-state index in [0.29, 0.717) is 0 Å². The summed E-state index contributed by atoms with van der Waals surface area (Å²) in [4.78, 5) is 0. The van der Waals surface area contributed by atoms with Crippen LogP contribution in [0, 0.1) is 0 Å². The van der Waals surface area contributed by atoms with Crippen LogP contribution in [0.15, 0.2) is 194 Å². The van der Waals surface area contributed by atoms with E-state index in [1.807, 2.05) is 0 Å². The summed E-state index contributed by atoms with van der Waals surface area (Å²) in [5, 5.41) is 10.3. The van der Waals surface area contributed by atoms with E-state index in [-0.39, 0.29) is 0 Å².